The SMILES string of the molecule is COCCNCCNC(=O)C(C)OCc1ccccc1. The van der Waals surface area contributed by atoms with Crippen LogP contribution in [0.1, 0.15) is 12.5 Å². The lowest BCUT2D eigenvalue weighted by Crippen LogP contribution is -2.38. The van der Waals surface area contributed by atoms with Crippen LogP contribution in [0.15, 0.2) is 30.3 Å². The van der Waals surface area contributed by atoms with Crippen molar-refractivity contribution in [2.24, 2.45) is 0 Å². The van der Waals surface area contributed by atoms with Gasteiger partial charge in [-0.1, -0.05) is 30.3 Å². The summed E-state index contributed by atoms with van der Waals surface area (Å²) in [5, 5.41) is 5.99. The van der Waals surface area contributed by atoms with Crippen LogP contribution in [0.2, 0.25) is 0 Å². The summed E-state index contributed by atoms with van der Waals surface area (Å²) in [4.78, 5) is 11.8. The van der Waals surface area contributed by atoms with Crippen molar-refractivity contribution in [3.63, 3.8) is 0 Å². The molecule has 0 saturated carbocycles. The average molecular weight is 280 g/mol. The summed E-state index contributed by atoms with van der Waals surface area (Å²) in [5.74, 6) is -0.0885. The van der Waals surface area contributed by atoms with Gasteiger partial charge in [-0.15, -0.1) is 0 Å². The lowest BCUT2D eigenvalue weighted by atomic mass is 10.2. The number of amides is 1. The summed E-state index contributed by atoms with van der Waals surface area (Å²) in [5.41, 5.74) is 1.06. The molecule has 0 bridgehead atoms. The summed E-state index contributed by atoms with van der Waals surface area (Å²) in [7, 11) is 1.66. The van der Waals surface area contributed by atoms with Crippen molar-refractivity contribution < 1.29 is 14.3 Å². The second-order valence-corrected chi connectivity index (χ2v) is 4.47. The van der Waals surface area contributed by atoms with Crippen LogP contribution in [0, 0.1) is 0 Å². The lowest BCUT2D eigenvalue weighted by Gasteiger charge is -2.13. The zero-order valence-electron chi connectivity index (χ0n) is 12.2. The molecular formula is C15H24N2O3. The minimum absolute atomic E-state index is 0.0885. The molecule has 5 heteroatoms. The number of methoxy groups -OCH3 is 1. The average Bonchev–Trinajstić information content (AvgIpc) is 2.49. The quantitative estimate of drug-likeness (QED) is 0.626. The van der Waals surface area contributed by atoms with E-state index < -0.39 is 6.10 Å². The Morgan fingerprint density at radius 1 is 1.20 bits per heavy atom. The molecule has 1 amide bonds. The van der Waals surface area contributed by atoms with E-state index >= 15 is 0 Å². The van der Waals surface area contributed by atoms with Crippen molar-refractivity contribution in [1.29, 1.82) is 0 Å². The van der Waals surface area contributed by atoms with Gasteiger partial charge in [0.15, 0.2) is 0 Å². The molecule has 0 aliphatic carbocycles. The normalized spacial score (nSPS) is 12.1. The number of carbonyl (C=O) groups is 1. The predicted octanol–water partition coefficient (Wildman–Crippen LogP) is 0.944. The van der Waals surface area contributed by atoms with Gasteiger partial charge in [0.1, 0.15) is 6.10 Å². The highest BCUT2D eigenvalue weighted by molar-refractivity contribution is 5.80. The number of rotatable bonds is 10. The number of hydrogen-bond acceptors (Lipinski definition) is 4. The number of benzene rings is 1. The standard InChI is InChI=1S/C15H24N2O3/c1-13(20-12-14-6-4-3-5-7-14)15(18)17-9-8-16-10-11-19-2/h3-7,13,16H,8-12H2,1-2H3,(H,17,18). The highest BCUT2D eigenvalue weighted by Gasteiger charge is 2.12. The van der Waals surface area contributed by atoms with Crippen LogP contribution < -0.4 is 10.6 Å². The fourth-order valence-corrected chi connectivity index (χ4v) is 1.59. The van der Waals surface area contributed by atoms with Gasteiger partial charge >= 0.3 is 0 Å². The Bertz CT molecular complexity index is 371. The molecule has 1 unspecified atom stereocenters. The van der Waals surface area contributed by atoms with E-state index in [1.54, 1.807) is 14.0 Å². The molecule has 0 saturated heterocycles. The Morgan fingerprint density at radius 3 is 2.65 bits per heavy atom. The molecule has 0 fully saturated rings. The highest BCUT2D eigenvalue weighted by Crippen LogP contribution is 2.03. The van der Waals surface area contributed by atoms with Gasteiger partial charge in [-0.25, -0.2) is 0 Å². The van der Waals surface area contributed by atoms with Gasteiger partial charge in [0.2, 0.25) is 5.91 Å². The van der Waals surface area contributed by atoms with E-state index in [9.17, 15) is 4.79 Å². The van der Waals surface area contributed by atoms with Crippen molar-refractivity contribution >= 4 is 5.91 Å². The first-order chi connectivity index (χ1) is 9.74. The molecular weight excluding hydrogens is 256 g/mol. The second-order valence-electron chi connectivity index (χ2n) is 4.47. The van der Waals surface area contributed by atoms with E-state index in [2.05, 4.69) is 10.6 Å². The number of carbonyl (C=O) groups excluding carboxylic acids is 1. The Hall–Kier alpha value is -1.43. The van der Waals surface area contributed by atoms with Crippen LogP contribution in [-0.2, 0) is 20.9 Å². The van der Waals surface area contributed by atoms with Gasteiger partial charge in [-0.2, -0.15) is 0 Å². The van der Waals surface area contributed by atoms with Crippen molar-refractivity contribution in [2.75, 3.05) is 33.4 Å². The number of nitrogens with one attached hydrogen (secondary N) is 2. The summed E-state index contributed by atoms with van der Waals surface area (Å²) >= 11 is 0. The van der Waals surface area contributed by atoms with Crippen molar-refractivity contribution in [1.82, 2.24) is 10.6 Å². The first-order valence-corrected chi connectivity index (χ1v) is 6.87. The van der Waals surface area contributed by atoms with Gasteiger partial charge in [-0.3, -0.25) is 4.79 Å². The molecule has 0 radical (unpaired) electrons. The van der Waals surface area contributed by atoms with Crippen LogP contribution in [-0.4, -0.2) is 45.4 Å². The van der Waals surface area contributed by atoms with Gasteiger partial charge in [0.05, 0.1) is 13.2 Å². The van der Waals surface area contributed by atoms with E-state index in [4.69, 9.17) is 9.47 Å². The molecule has 0 aromatic heterocycles. The monoisotopic (exact) mass is 280 g/mol. The van der Waals surface area contributed by atoms with Crippen molar-refractivity contribution in [2.45, 2.75) is 19.6 Å². The number of hydrogen-bond donors (Lipinski definition) is 2. The third-order valence-electron chi connectivity index (χ3n) is 2.80. The maximum absolute atomic E-state index is 11.8. The van der Waals surface area contributed by atoms with Crippen LogP contribution in [0.4, 0.5) is 0 Å². The molecule has 0 spiro atoms. The highest BCUT2D eigenvalue weighted by atomic mass is 16.5. The van der Waals surface area contributed by atoms with E-state index in [0.717, 1.165) is 18.7 Å². The van der Waals surface area contributed by atoms with E-state index in [-0.39, 0.29) is 5.91 Å². The smallest absolute Gasteiger partial charge is 0.248 e. The Labute approximate surface area is 120 Å². The molecule has 1 rings (SSSR count). The van der Waals surface area contributed by atoms with E-state index in [0.29, 0.717) is 19.8 Å². The molecule has 2 N–H and O–H groups in total. The summed E-state index contributed by atoms with van der Waals surface area (Å²) in [6, 6.07) is 9.81. The molecule has 5 nitrogen and oxygen atoms in total. The van der Waals surface area contributed by atoms with Crippen LogP contribution in [0.5, 0.6) is 0 Å². The third-order valence-corrected chi connectivity index (χ3v) is 2.80. The second kappa shape index (κ2) is 10.4. The minimum atomic E-state index is -0.450. The molecule has 1 atom stereocenters. The Kier molecular flexibility index (Phi) is 8.62. The van der Waals surface area contributed by atoms with Crippen LogP contribution >= 0.6 is 0 Å². The van der Waals surface area contributed by atoms with Crippen LogP contribution in [0.25, 0.3) is 0 Å². The zero-order valence-corrected chi connectivity index (χ0v) is 12.2. The third kappa shape index (κ3) is 7.23. The maximum atomic E-state index is 11.8. The Balaban J connectivity index is 2.10. The summed E-state index contributed by atoms with van der Waals surface area (Å²) in [6.07, 6.45) is -0.450. The van der Waals surface area contributed by atoms with Gasteiger partial charge < -0.3 is 20.1 Å². The topological polar surface area (TPSA) is 59.6 Å². The molecule has 0 heterocycles. The summed E-state index contributed by atoms with van der Waals surface area (Å²) < 4.78 is 10.4. The van der Waals surface area contributed by atoms with E-state index in [1.165, 1.54) is 0 Å². The first-order valence-electron chi connectivity index (χ1n) is 6.87. The first kappa shape index (κ1) is 16.6. The minimum Gasteiger partial charge on any atom is -0.383 e. The molecule has 1 aromatic rings. The largest absolute Gasteiger partial charge is 0.383 e. The van der Waals surface area contributed by atoms with Gasteiger partial charge in [0.25, 0.3) is 0 Å². The maximum Gasteiger partial charge on any atom is 0.248 e. The van der Waals surface area contributed by atoms with Crippen molar-refractivity contribution in [3.8, 4) is 0 Å². The van der Waals surface area contributed by atoms with Gasteiger partial charge in [-0.05, 0) is 12.5 Å². The fraction of sp³-hybridized carbons (Fsp3) is 0.533. The number of ether oxygens (including phenoxy) is 2. The lowest BCUT2D eigenvalue weighted by molar-refractivity contribution is -0.132. The van der Waals surface area contributed by atoms with Gasteiger partial charge in [0, 0.05) is 26.7 Å². The zero-order chi connectivity index (χ0) is 14.6. The summed E-state index contributed by atoms with van der Waals surface area (Å²) in [6.45, 7) is 4.97. The molecule has 20 heavy (non-hydrogen) atoms. The molecule has 1 aromatic carbocycles. The fourth-order valence-electron chi connectivity index (χ4n) is 1.59. The Morgan fingerprint density at radius 2 is 1.95 bits per heavy atom. The van der Waals surface area contributed by atoms with Crippen molar-refractivity contribution in [3.05, 3.63) is 35.9 Å². The van der Waals surface area contributed by atoms with Crippen LogP contribution in [0.3, 0.4) is 0 Å². The molecule has 0 aliphatic heterocycles. The van der Waals surface area contributed by atoms with E-state index in [1.807, 2.05) is 30.3 Å². The predicted molar refractivity (Wildman–Crippen MR) is 78.4 cm³/mol. The molecule has 0 aliphatic rings. The molecule has 112 valence electrons.